The topological polar surface area (TPSA) is 190 Å². The Bertz CT molecular complexity index is 380. The van der Waals surface area contributed by atoms with Gasteiger partial charge in [-0.05, 0) is 0 Å². The van der Waals surface area contributed by atoms with Crippen molar-refractivity contribution in [1.29, 1.82) is 0 Å². The molecule has 0 spiro atoms. The fourth-order valence-corrected chi connectivity index (χ4v) is 2.46. The largest absolute Gasteiger partial charge is 0.394 e. The van der Waals surface area contributed by atoms with Gasteiger partial charge in [-0.2, -0.15) is 0 Å². The molecular weight excluding hydrogens is 320 g/mol. The first-order valence-corrected chi connectivity index (χ1v) is 7.07. The lowest BCUT2D eigenvalue weighted by Crippen LogP contribution is -2.61. The maximum absolute atomic E-state index is 9.78. The Hall–Kier alpha value is -0.440. The van der Waals surface area contributed by atoms with Gasteiger partial charge in [0, 0.05) is 0 Å². The van der Waals surface area contributed by atoms with Crippen molar-refractivity contribution in [2.24, 2.45) is 0 Å². The van der Waals surface area contributed by atoms with Crippen LogP contribution in [0, 0.1) is 0 Å². The number of rotatable bonds is 4. The van der Waals surface area contributed by atoms with Gasteiger partial charge in [-0.1, -0.05) is 0 Å². The molecule has 2 saturated heterocycles. The average molecular weight is 342 g/mol. The van der Waals surface area contributed by atoms with Crippen LogP contribution in [-0.4, -0.2) is 115 Å². The maximum atomic E-state index is 9.78. The van der Waals surface area contributed by atoms with Crippen LogP contribution in [-0.2, 0) is 14.2 Å². The van der Waals surface area contributed by atoms with Gasteiger partial charge in [-0.25, -0.2) is 0 Å². The van der Waals surface area contributed by atoms with E-state index >= 15 is 0 Å². The van der Waals surface area contributed by atoms with Crippen LogP contribution in [0.25, 0.3) is 0 Å². The second-order valence-electron chi connectivity index (χ2n) is 5.57. The minimum absolute atomic E-state index is 0.468. The summed E-state index contributed by atoms with van der Waals surface area (Å²) in [5, 5.41) is 76.1. The van der Waals surface area contributed by atoms with Crippen molar-refractivity contribution < 1.29 is 55.1 Å². The van der Waals surface area contributed by atoms with E-state index in [0.29, 0.717) is 0 Å². The second-order valence-corrected chi connectivity index (χ2v) is 5.57. The summed E-state index contributed by atoms with van der Waals surface area (Å²) < 4.78 is 15.1. The first-order valence-electron chi connectivity index (χ1n) is 7.07. The number of aliphatic hydroxyl groups excluding tert-OH is 8. The van der Waals surface area contributed by atoms with Crippen LogP contribution in [0.4, 0.5) is 0 Å². The Morgan fingerprint density at radius 2 is 1.22 bits per heavy atom. The minimum atomic E-state index is -1.74. The average Bonchev–Trinajstić information content (AvgIpc) is 2.54. The van der Waals surface area contributed by atoms with Crippen LogP contribution in [0.5, 0.6) is 0 Å². The van der Waals surface area contributed by atoms with E-state index in [0.717, 1.165) is 0 Å². The van der Waals surface area contributed by atoms with Gasteiger partial charge < -0.3 is 55.1 Å². The fourth-order valence-electron chi connectivity index (χ4n) is 2.46. The van der Waals surface area contributed by atoms with E-state index in [2.05, 4.69) is 0 Å². The summed E-state index contributed by atoms with van der Waals surface area (Å²) in [5.74, 6) is 0. The summed E-state index contributed by atoms with van der Waals surface area (Å²) in [7, 11) is 0. The molecule has 11 nitrogen and oxygen atoms in total. The van der Waals surface area contributed by atoms with Gasteiger partial charge in [-0.3, -0.25) is 0 Å². The van der Waals surface area contributed by atoms with E-state index in [1.54, 1.807) is 0 Å². The summed E-state index contributed by atoms with van der Waals surface area (Å²) in [5.41, 5.74) is 0. The standard InChI is InChI=1S/C12H22O11/c13-1-3-5(14)8(17)10(19)12(23-3)21-2-4-6(15)7(16)9(18)11(20)22-4/h3-20H,1-2H2/t3-,4-,5+,6-,7-,8-,9-,10-,11-,12+/m1/s1. The van der Waals surface area contributed by atoms with Crippen LogP contribution >= 0.6 is 0 Å². The number of aliphatic hydroxyl groups is 8. The monoisotopic (exact) mass is 342 g/mol. The van der Waals surface area contributed by atoms with Crippen molar-refractivity contribution in [3.8, 4) is 0 Å². The summed E-state index contributed by atoms with van der Waals surface area (Å²) in [6, 6.07) is 0. The molecule has 0 amide bonds. The minimum Gasteiger partial charge on any atom is -0.394 e. The zero-order chi connectivity index (χ0) is 17.3. The van der Waals surface area contributed by atoms with Crippen LogP contribution < -0.4 is 0 Å². The molecule has 2 aliphatic rings. The van der Waals surface area contributed by atoms with Gasteiger partial charge >= 0.3 is 0 Å². The Morgan fingerprint density at radius 3 is 1.83 bits per heavy atom. The Labute approximate surface area is 130 Å². The zero-order valence-electron chi connectivity index (χ0n) is 12.0. The molecule has 2 fully saturated rings. The van der Waals surface area contributed by atoms with Gasteiger partial charge in [0.2, 0.25) is 0 Å². The summed E-state index contributed by atoms with van der Waals surface area (Å²) >= 11 is 0. The highest BCUT2D eigenvalue weighted by Gasteiger charge is 2.46. The van der Waals surface area contributed by atoms with E-state index in [4.69, 9.17) is 19.3 Å². The predicted molar refractivity (Wildman–Crippen MR) is 68.6 cm³/mol. The molecule has 136 valence electrons. The molecule has 23 heavy (non-hydrogen) atoms. The second kappa shape index (κ2) is 7.63. The summed E-state index contributed by atoms with van der Waals surface area (Å²) in [6.07, 6.45) is -15.3. The van der Waals surface area contributed by atoms with E-state index in [1.807, 2.05) is 0 Å². The molecule has 0 radical (unpaired) electrons. The van der Waals surface area contributed by atoms with Crippen molar-refractivity contribution in [2.75, 3.05) is 13.2 Å². The zero-order valence-corrected chi connectivity index (χ0v) is 12.0. The summed E-state index contributed by atoms with van der Waals surface area (Å²) in [6.45, 7) is -1.10. The van der Waals surface area contributed by atoms with Gasteiger partial charge in [0.05, 0.1) is 13.2 Å². The first kappa shape index (κ1) is 18.9. The molecule has 11 heteroatoms. The lowest BCUT2D eigenvalue weighted by atomic mass is 9.98. The van der Waals surface area contributed by atoms with E-state index in [1.165, 1.54) is 0 Å². The van der Waals surface area contributed by atoms with Gasteiger partial charge in [0.25, 0.3) is 0 Å². The van der Waals surface area contributed by atoms with Crippen molar-refractivity contribution in [1.82, 2.24) is 0 Å². The Morgan fingerprint density at radius 1 is 0.652 bits per heavy atom. The SMILES string of the molecule is OC[C@H]1O[C@H](OC[C@H]2O[C@@H](O)[C@H](O)[C@H](O)[C@@H]2O)[C@H](O)[C@H](O)[C@H]1O. The molecule has 0 aromatic rings. The molecule has 0 aliphatic carbocycles. The van der Waals surface area contributed by atoms with Gasteiger partial charge in [-0.15, -0.1) is 0 Å². The van der Waals surface area contributed by atoms with Crippen molar-refractivity contribution in [2.45, 2.75) is 61.4 Å². The first-order chi connectivity index (χ1) is 10.8. The van der Waals surface area contributed by atoms with Crippen molar-refractivity contribution >= 4 is 0 Å². The fraction of sp³-hybridized carbons (Fsp3) is 1.00. The van der Waals surface area contributed by atoms with E-state index < -0.39 is 74.6 Å². The van der Waals surface area contributed by atoms with Crippen LogP contribution in [0.15, 0.2) is 0 Å². The van der Waals surface area contributed by atoms with Gasteiger partial charge in [0.15, 0.2) is 12.6 Å². The third-order valence-electron chi connectivity index (χ3n) is 3.96. The molecule has 0 unspecified atom stereocenters. The number of ether oxygens (including phenoxy) is 3. The smallest absolute Gasteiger partial charge is 0.186 e. The Kier molecular flexibility index (Phi) is 6.27. The van der Waals surface area contributed by atoms with Crippen LogP contribution in [0.3, 0.4) is 0 Å². The highest BCUT2D eigenvalue weighted by Crippen LogP contribution is 2.24. The molecule has 0 saturated carbocycles. The van der Waals surface area contributed by atoms with Gasteiger partial charge in [0.1, 0.15) is 48.8 Å². The molecule has 0 aromatic carbocycles. The highest BCUT2D eigenvalue weighted by atomic mass is 16.7. The number of hydrogen-bond donors (Lipinski definition) is 8. The van der Waals surface area contributed by atoms with E-state index in [-0.39, 0.29) is 0 Å². The normalized spacial score (nSPS) is 51.7. The van der Waals surface area contributed by atoms with Crippen LogP contribution in [0.2, 0.25) is 0 Å². The number of hydrogen-bond acceptors (Lipinski definition) is 11. The molecule has 2 heterocycles. The molecular formula is C12H22O11. The Balaban J connectivity index is 1.94. The molecule has 0 aromatic heterocycles. The quantitative estimate of drug-likeness (QED) is 0.243. The molecule has 10 atom stereocenters. The third kappa shape index (κ3) is 3.81. The lowest BCUT2D eigenvalue weighted by Gasteiger charge is -2.41. The third-order valence-corrected chi connectivity index (χ3v) is 3.96. The predicted octanol–water partition coefficient (Wildman–Crippen LogP) is -5.40. The molecule has 0 bridgehead atoms. The molecule has 2 rings (SSSR count). The van der Waals surface area contributed by atoms with E-state index in [9.17, 15) is 35.7 Å². The molecule has 8 N–H and O–H groups in total. The lowest BCUT2D eigenvalue weighted by molar-refractivity contribution is -0.325. The summed E-state index contributed by atoms with van der Waals surface area (Å²) in [4.78, 5) is 0. The van der Waals surface area contributed by atoms with Crippen molar-refractivity contribution in [3.63, 3.8) is 0 Å². The van der Waals surface area contributed by atoms with Crippen molar-refractivity contribution in [3.05, 3.63) is 0 Å². The highest BCUT2D eigenvalue weighted by molar-refractivity contribution is 4.91. The maximum Gasteiger partial charge on any atom is 0.186 e. The van der Waals surface area contributed by atoms with Crippen LogP contribution in [0.1, 0.15) is 0 Å². The molecule has 2 aliphatic heterocycles.